The molecule has 0 spiro atoms. The lowest BCUT2D eigenvalue weighted by Gasteiger charge is -2.33. The highest BCUT2D eigenvalue weighted by Gasteiger charge is 2.53. The molecule has 1 unspecified atom stereocenters. The topological polar surface area (TPSA) is 256 Å². The lowest BCUT2D eigenvalue weighted by molar-refractivity contribution is -0.165. The first-order chi connectivity index (χ1) is 25.5. The van der Waals surface area contributed by atoms with E-state index in [1.54, 1.807) is 56.3 Å². The average Bonchev–Trinajstić information content (AvgIpc) is 3.61. The highest BCUT2D eigenvalue weighted by Crippen LogP contribution is 2.34. The number of aliphatic hydroxyl groups excluding tert-OH is 3. The van der Waals surface area contributed by atoms with E-state index < -0.39 is 104 Å². The normalized spacial score (nSPS) is 23.0. The molecule has 2 aliphatic rings. The Bertz CT molecular complexity index is 1610. The summed E-state index contributed by atoms with van der Waals surface area (Å²) >= 11 is 0. The van der Waals surface area contributed by atoms with Gasteiger partial charge in [-0.05, 0) is 55.9 Å². The van der Waals surface area contributed by atoms with Crippen LogP contribution >= 0.6 is 0 Å². The molecule has 17 nitrogen and oxygen atoms in total. The third kappa shape index (κ3) is 11.4. The van der Waals surface area contributed by atoms with E-state index in [1.807, 2.05) is 13.8 Å². The molecule has 4 amide bonds. The number of phenols is 1. The van der Waals surface area contributed by atoms with Crippen molar-refractivity contribution in [1.29, 1.82) is 0 Å². The number of hydrogen-bond donors (Lipinski definition) is 9. The summed E-state index contributed by atoms with van der Waals surface area (Å²) in [5.74, 6) is -5.34. The number of carboxylic acid groups (broad SMARTS) is 1. The van der Waals surface area contributed by atoms with Crippen molar-refractivity contribution >= 4 is 29.6 Å². The first kappa shape index (κ1) is 42.1. The minimum Gasteiger partial charge on any atom is -0.508 e. The number of hydrogen-bond acceptors (Lipinski definition) is 12. The molecule has 2 aliphatic heterocycles. The summed E-state index contributed by atoms with van der Waals surface area (Å²) in [4.78, 5) is 66.4. The molecule has 0 aliphatic carbocycles. The Morgan fingerprint density at radius 1 is 0.907 bits per heavy atom. The monoisotopic (exact) mass is 757 g/mol. The van der Waals surface area contributed by atoms with Gasteiger partial charge in [-0.2, -0.15) is 0 Å². The van der Waals surface area contributed by atoms with Gasteiger partial charge < -0.3 is 55.9 Å². The number of aromatic hydroxyl groups is 1. The predicted molar refractivity (Wildman–Crippen MR) is 191 cm³/mol. The summed E-state index contributed by atoms with van der Waals surface area (Å²) in [7, 11) is 0. The number of benzene rings is 2. The highest BCUT2D eigenvalue weighted by atomic mass is 16.8. The number of nitrogens with zero attached hydrogens (tertiary/aromatic N) is 1. The smallest absolute Gasteiger partial charge is 0.326 e. The highest BCUT2D eigenvalue weighted by molar-refractivity contribution is 5.93. The molecule has 54 heavy (non-hydrogen) atoms. The van der Waals surface area contributed by atoms with E-state index in [9.17, 15) is 49.5 Å². The fourth-order valence-corrected chi connectivity index (χ4v) is 6.50. The zero-order valence-electron chi connectivity index (χ0n) is 30.7. The molecular formula is C37H51N5O12. The Morgan fingerprint density at radius 2 is 1.56 bits per heavy atom. The zero-order valence-corrected chi connectivity index (χ0v) is 30.7. The van der Waals surface area contributed by atoms with Crippen LogP contribution in [0.15, 0.2) is 54.6 Å². The molecule has 8 atom stereocenters. The van der Waals surface area contributed by atoms with Gasteiger partial charge in [-0.15, -0.1) is 0 Å². The lowest BCUT2D eigenvalue weighted by atomic mass is 10.0. The summed E-state index contributed by atoms with van der Waals surface area (Å²) in [5, 5.41) is 61.6. The number of aliphatic hydroxyl groups is 3. The van der Waals surface area contributed by atoms with Gasteiger partial charge in [0.25, 0.3) is 0 Å². The third-order valence-corrected chi connectivity index (χ3v) is 9.07. The SMILES string of the molecule is CC(C)C[C@H](NC(=O)[C@H](Cc1ccccc1)NC(=O)CNC(=O)CN1C(=O)[C@H](Cc2ccc(O)cc2)NC1[C@H](O)[C@H]1OC(C)(C)O[C@@H]1[C@H](O)CO)C(=O)O. The largest absolute Gasteiger partial charge is 0.508 e. The summed E-state index contributed by atoms with van der Waals surface area (Å²) in [6.07, 6.45) is -6.39. The van der Waals surface area contributed by atoms with Crippen molar-refractivity contribution in [3.8, 4) is 5.75 Å². The molecule has 2 fully saturated rings. The number of carbonyl (C=O) groups excluding carboxylic acids is 4. The van der Waals surface area contributed by atoms with Crippen LogP contribution in [0, 0.1) is 5.92 Å². The first-order valence-corrected chi connectivity index (χ1v) is 17.8. The van der Waals surface area contributed by atoms with Crippen LogP contribution in [0.3, 0.4) is 0 Å². The molecule has 2 saturated heterocycles. The number of amides is 4. The number of aliphatic carboxylic acids is 1. The maximum atomic E-state index is 13.8. The number of ether oxygens (including phenoxy) is 2. The minimum atomic E-state index is -1.58. The van der Waals surface area contributed by atoms with Crippen LogP contribution in [0.4, 0.5) is 0 Å². The Kier molecular flexibility index (Phi) is 14.5. The third-order valence-electron chi connectivity index (χ3n) is 9.07. The predicted octanol–water partition coefficient (Wildman–Crippen LogP) is -1.25. The fourth-order valence-electron chi connectivity index (χ4n) is 6.50. The zero-order chi connectivity index (χ0) is 39.7. The summed E-state index contributed by atoms with van der Waals surface area (Å²) < 4.78 is 11.6. The van der Waals surface area contributed by atoms with E-state index in [0.717, 1.165) is 4.90 Å². The Hall–Kier alpha value is -4.65. The number of phenolic OH excluding ortho intramolecular Hbond substituents is 1. The summed E-state index contributed by atoms with van der Waals surface area (Å²) in [6, 6.07) is 11.6. The number of carboxylic acids is 1. The van der Waals surface area contributed by atoms with E-state index in [0.29, 0.717) is 11.1 Å². The summed E-state index contributed by atoms with van der Waals surface area (Å²) in [5.41, 5.74) is 1.36. The van der Waals surface area contributed by atoms with Crippen molar-refractivity contribution < 1.29 is 59.0 Å². The number of rotatable bonds is 18. The van der Waals surface area contributed by atoms with Crippen molar-refractivity contribution in [2.45, 2.75) is 101 Å². The van der Waals surface area contributed by atoms with Gasteiger partial charge in [-0.25, -0.2) is 4.79 Å². The van der Waals surface area contributed by atoms with Crippen LogP contribution in [-0.4, -0.2) is 134 Å². The molecule has 2 heterocycles. The van der Waals surface area contributed by atoms with Gasteiger partial charge in [-0.3, -0.25) is 24.5 Å². The summed E-state index contributed by atoms with van der Waals surface area (Å²) in [6.45, 7) is 4.80. The van der Waals surface area contributed by atoms with Gasteiger partial charge in [0.2, 0.25) is 23.6 Å². The lowest BCUT2D eigenvalue weighted by Crippen LogP contribution is -2.57. The minimum absolute atomic E-state index is 0.0252. The first-order valence-electron chi connectivity index (χ1n) is 17.8. The number of carbonyl (C=O) groups is 5. The molecule has 0 radical (unpaired) electrons. The van der Waals surface area contributed by atoms with E-state index in [2.05, 4.69) is 21.3 Å². The van der Waals surface area contributed by atoms with Crippen molar-refractivity contribution in [1.82, 2.24) is 26.2 Å². The van der Waals surface area contributed by atoms with Gasteiger partial charge in [0, 0.05) is 6.42 Å². The van der Waals surface area contributed by atoms with E-state index >= 15 is 0 Å². The molecule has 0 aromatic heterocycles. The molecule has 4 rings (SSSR count). The van der Waals surface area contributed by atoms with Crippen LogP contribution in [0.5, 0.6) is 5.75 Å². The molecule has 0 saturated carbocycles. The molecular weight excluding hydrogens is 706 g/mol. The Labute approximate surface area is 313 Å². The van der Waals surface area contributed by atoms with Crippen molar-refractivity contribution in [3.63, 3.8) is 0 Å². The second-order valence-electron chi connectivity index (χ2n) is 14.4. The number of nitrogens with one attached hydrogen (secondary N) is 4. The van der Waals surface area contributed by atoms with Crippen LogP contribution in [0.25, 0.3) is 0 Å². The van der Waals surface area contributed by atoms with E-state index in [-0.39, 0.29) is 30.9 Å². The van der Waals surface area contributed by atoms with Crippen molar-refractivity contribution in [2.75, 3.05) is 19.7 Å². The van der Waals surface area contributed by atoms with Crippen LogP contribution in [0.1, 0.15) is 45.2 Å². The molecule has 17 heteroatoms. The quantitative estimate of drug-likeness (QED) is 0.0864. The van der Waals surface area contributed by atoms with Crippen molar-refractivity contribution in [2.24, 2.45) is 5.92 Å². The van der Waals surface area contributed by atoms with Gasteiger partial charge in [-0.1, -0.05) is 56.3 Å². The van der Waals surface area contributed by atoms with Gasteiger partial charge in [0.05, 0.1) is 19.2 Å². The van der Waals surface area contributed by atoms with Crippen LogP contribution in [0.2, 0.25) is 0 Å². The average molecular weight is 758 g/mol. The standard InChI is InChI=1S/C37H51N5O12/c1-20(2)14-26(36(51)52)41-34(49)24(15-21-8-6-5-7-9-21)39-28(46)17-38-29(47)18-42-33(30(48)32-31(27(45)19-43)53-37(3,4)54-32)40-25(35(42)50)16-22-10-12-23(44)13-11-22/h5-13,20,24-27,30-33,40,43-45,48H,14-19H2,1-4H3,(H,38,47)(H,39,46)(H,41,49)(H,51,52)/t24-,25-,26-,27+,30+,31+,32+,33?/m0/s1. The second kappa shape index (κ2) is 18.6. The molecule has 2 aromatic carbocycles. The van der Waals surface area contributed by atoms with Gasteiger partial charge in [0.1, 0.15) is 55.0 Å². The Morgan fingerprint density at radius 3 is 2.17 bits per heavy atom. The molecule has 9 N–H and O–H groups in total. The maximum Gasteiger partial charge on any atom is 0.326 e. The molecule has 296 valence electrons. The van der Waals surface area contributed by atoms with E-state index in [4.69, 9.17) is 9.47 Å². The maximum absolute atomic E-state index is 13.8. The van der Waals surface area contributed by atoms with Gasteiger partial charge >= 0.3 is 5.97 Å². The van der Waals surface area contributed by atoms with E-state index in [1.165, 1.54) is 12.1 Å². The molecule has 2 aromatic rings. The second-order valence-corrected chi connectivity index (χ2v) is 14.4. The Balaban J connectivity index is 1.47. The van der Waals surface area contributed by atoms with Crippen molar-refractivity contribution in [3.05, 3.63) is 65.7 Å². The van der Waals surface area contributed by atoms with Crippen LogP contribution in [-0.2, 0) is 46.3 Å². The fraction of sp³-hybridized carbons (Fsp3) is 0.541. The molecule has 0 bridgehead atoms. The van der Waals surface area contributed by atoms with Gasteiger partial charge in [0.15, 0.2) is 5.79 Å². The van der Waals surface area contributed by atoms with Crippen LogP contribution < -0.4 is 21.3 Å².